The molecule has 1 aromatic heterocycles. The largest absolute Gasteiger partial charge is 0.396 e. The maximum Gasteiger partial charge on any atom is 0.154 e. The molecule has 12 heavy (non-hydrogen) atoms. The second-order valence-corrected chi connectivity index (χ2v) is 4.33. The quantitative estimate of drug-likeness (QED) is 0.495. The average molecular weight is 199 g/mol. The van der Waals surface area contributed by atoms with E-state index in [4.69, 9.17) is 5.73 Å². The number of rotatable bonds is 0. The van der Waals surface area contributed by atoms with Crippen molar-refractivity contribution in [2.45, 2.75) is 4.21 Å². The van der Waals surface area contributed by atoms with E-state index in [0.717, 1.165) is 8.91 Å². The summed E-state index contributed by atoms with van der Waals surface area (Å²) in [6.07, 6.45) is 0. The van der Waals surface area contributed by atoms with Crippen molar-refractivity contribution in [3.05, 3.63) is 24.0 Å². The lowest BCUT2D eigenvalue weighted by Gasteiger charge is -1.95. The number of hydrogen-bond acceptors (Lipinski definition) is 3. The first-order valence-corrected chi connectivity index (χ1v) is 4.61. The van der Waals surface area contributed by atoms with E-state index < -0.39 is 0 Å². The summed E-state index contributed by atoms with van der Waals surface area (Å²) in [4.78, 5) is 0. The Morgan fingerprint density at radius 2 is 2.17 bits per heavy atom. The highest BCUT2D eigenvalue weighted by atomic mass is 32.2. The van der Waals surface area contributed by atoms with Crippen LogP contribution >= 0.6 is 24.0 Å². The lowest BCUT2D eigenvalue weighted by atomic mass is 10.2. The molecule has 0 aliphatic rings. The van der Waals surface area contributed by atoms with Crippen molar-refractivity contribution in [2.24, 2.45) is 0 Å². The molecular weight excluding hydrogens is 193 g/mol. The number of thiol groups is 1. The molecule has 4 heteroatoms. The van der Waals surface area contributed by atoms with Crippen LogP contribution in [0.3, 0.4) is 0 Å². The van der Waals surface area contributed by atoms with Crippen molar-refractivity contribution < 1.29 is 4.39 Å². The van der Waals surface area contributed by atoms with Crippen molar-refractivity contribution in [3.63, 3.8) is 0 Å². The van der Waals surface area contributed by atoms with Crippen molar-refractivity contribution >= 4 is 39.7 Å². The van der Waals surface area contributed by atoms with E-state index >= 15 is 0 Å². The maximum atomic E-state index is 13.3. The Hall–Kier alpha value is -0.740. The van der Waals surface area contributed by atoms with Crippen LogP contribution in [0.5, 0.6) is 0 Å². The first-order valence-electron chi connectivity index (χ1n) is 3.35. The van der Waals surface area contributed by atoms with Crippen molar-refractivity contribution in [3.8, 4) is 0 Å². The molecule has 2 N–H and O–H groups in total. The lowest BCUT2D eigenvalue weighted by Crippen LogP contribution is -1.88. The highest BCUT2D eigenvalue weighted by Crippen LogP contribution is 2.31. The van der Waals surface area contributed by atoms with Crippen LogP contribution in [-0.2, 0) is 0 Å². The highest BCUT2D eigenvalue weighted by molar-refractivity contribution is 7.83. The van der Waals surface area contributed by atoms with Gasteiger partial charge < -0.3 is 5.73 Å². The third kappa shape index (κ3) is 1.07. The summed E-state index contributed by atoms with van der Waals surface area (Å²) in [7, 11) is 0. The van der Waals surface area contributed by atoms with E-state index in [0.29, 0.717) is 5.39 Å². The van der Waals surface area contributed by atoms with Gasteiger partial charge in [-0.3, -0.25) is 0 Å². The Kier molecular flexibility index (Phi) is 1.73. The molecule has 0 spiro atoms. The van der Waals surface area contributed by atoms with E-state index in [1.165, 1.54) is 11.3 Å². The molecule has 0 saturated heterocycles. The van der Waals surface area contributed by atoms with Crippen LogP contribution in [0.4, 0.5) is 10.1 Å². The predicted octanol–water partition coefficient (Wildman–Crippen LogP) is 2.91. The molecule has 0 bridgehead atoms. The normalized spacial score (nSPS) is 10.8. The number of benzene rings is 1. The minimum absolute atomic E-state index is 0.189. The van der Waals surface area contributed by atoms with E-state index in [-0.39, 0.29) is 11.5 Å². The van der Waals surface area contributed by atoms with Crippen LogP contribution in [0.15, 0.2) is 22.4 Å². The van der Waals surface area contributed by atoms with Gasteiger partial charge in [-0.2, -0.15) is 0 Å². The van der Waals surface area contributed by atoms with E-state index in [1.807, 2.05) is 0 Å². The smallest absolute Gasteiger partial charge is 0.154 e. The highest BCUT2D eigenvalue weighted by Gasteiger charge is 2.06. The van der Waals surface area contributed by atoms with Gasteiger partial charge in [0.1, 0.15) is 0 Å². The van der Waals surface area contributed by atoms with Gasteiger partial charge in [0, 0.05) is 10.1 Å². The number of halogens is 1. The Bertz CT molecular complexity index is 436. The number of nitrogen functional groups attached to an aromatic ring is 1. The number of nitrogens with two attached hydrogens (primary N) is 1. The van der Waals surface area contributed by atoms with Crippen LogP contribution in [0, 0.1) is 5.82 Å². The van der Waals surface area contributed by atoms with Crippen LogP contribution in [0.2, 0.25) is 0 Å². The molecule has 1 aromatic carbocycles. The molecule has 62 valence electrons. The fraction of sp³-hybridized carbons (Fsp3) is 0. The van der Waals surface area contributed by atoms with Crippen LogP contribution in [-0.4, -0.2) is 0 Å². The van der Waals surface area contributed by atoms with E-state index in [1.54, 1.807) is 18.2 Å². The molecule has 0 aliphatic carbocycles. The molecule has 1 nitrogen and oxygen atoms in total. The van der Waals surface area contributed by atoms with Crippen LogP contribution in [0.25, 0.3) is 10.1 Å². The van der Waals surface area contributed by atoms with Gasteiger partial charge in [0.05, 0.1) is 9.90 Å². The topological polar surface area (TPSA) is 26.0 Å². The lowest BCUT2D eigenvalue weighted by molar-refractivity contribution is 0.644. The zero-order chi connectivity index (χ0) is 8.72. The SMILES string of the molecule is Nc1ccc2sc(S)cc2c1F. The zero-order valence-corrected chi connectivity index (χ0v) is 7.75. The first-order chi connectivity index (χ1) is 5.68. The van der Waals surface area contributed by atoms with E-state index in [9.17, 15) is 4.39 Å². The second kappa shape index (κ2) is 2.64. The molecule has 2 aromatic rings. The fourth-order valence-electron chi connectivity index (χ4n) is 1.08. The summed E-state index contributed by atoms with van der Waals surface area (Å²) in [5, 5.41) is 0.560. The first kappa shape index (κ1) is 7.89. The maximum absolute atomic E-state index is 13.3. The van der Waals surface area contributed by atoms with E-state index in [2.05, 4.69) is 12.6 Å². The number of fused-ring (bicyclic) bond motifs is 1. The molecule has 0 fully saturated rings. The van der Waals surface area contributed by atoms with Crippen LogP contribution < -0.4 is 5.73 Å². The third-order valence-electron chi connectivity index (χ3n) is 1.65. The monoisotopic (exact) mass is 199 g/mol. The number of anilines is 1. The zero-order valence-electron chi connectivity index (χ0n) is 6.04. The summed E-state index contributed by atoms with van der Waals surface area (Å²) >= 11 is 5.58. The Labute approximate surface area is 78.4 Å². The molecule has 1 heterocycles. The Morgan fingerprint density at radius 1 is 1.42 bits per heavy atom. The Balaban J connectivity index is 2.89. The van der Waals surface area contributed by atoms with Gasteiger partial charge in [-0.25, -0.2) is 4.39 Å². The molecule has 0 unspecified atom stereocenters. The minimum Gasteiger partial charge on any atom is -0.396 e. The summed E-state index contributed by atoms with van der Waals surface area (Å²) in [5.74, 6) is -0.343. The molecule has 0 aliphatic heterocycles. The summed E-state index contributed by atoms with van der Waals surface area (Å²) < 4.78 is 14.9. The number of thiophene rings is 1. The van der Waals surface area contributed by atoms with Gasteiger partial charge in [-0.15, -0.1) is 24.0 Å². The van der Waals surface area contributed by atoms with Crippen molar-refractivity contribution in [1.29, 1.82) is 0 Å². The molecule has 0 saturated carbocycles. The molecular formula is C8H6FNS2. The second-order valence-electron chi connectivity index (χ2n) is 2.47. The summed E-state index contributed by atoms with van der Waals surface area (Å²) in [6.45, 7) is 0. The van der Waals surface area contributed by atoms with Crippen molar-refractivity contribution in [2.75, 3.05) is 5.73 Å². The molecule has 0 atom stereocenters. The standard InChI is InChI=1S/C8H6FNS2/c9-8-4-3-7(11)12-6(4)2-1-5(8)10/h1-3,11H,10H2. The minimum atomic E-state index is -0.343. The predicted molar refractivity (Wildman–Crippen MR) is 53.4 cm³/mol. The number of hydrogen-bond donors (Lipinski definition) is 2. The van der Waals surface area contributed by atoms with Gasteiger partial charge >= 0.3 is 0 Å². The molecule has 0 amide bonds. The summed E-state index contributed by atoms with van der Waals surface area (Å²) in [5.41, 5.74) is 5.59. The van der Waals surface area contributed by atoms with Gasteiger partial charge in [-0.05, 0) is 18.2 Å². The Morgan fingerprint density at radius 3 is 2.92 bits per heavy atom. The third-order valence-corrected chi connectivity index (χ3v) is 2.96. The molecule has 0 radical (unpaired) electrons. The van der Waals surface area contributed by atoms with Gasteiger partial charge in [-0.1, -0.05) is 0 Å². The molecule has 2 rings (SSSR count). The average Bonchev–Trinajstić information content (AvgIpc) is 2.39. The van der Waals surface area contributed by atoms with Gasteiger partial charge in [0.25, 0.3) is 0 Å². The van der Waals surface area contributed by atoms with Crippen LogP contribution in [0.1, 0.15) is 0 Å². The van der Waals surface area contributed by atoms with Gasteiger partial charge in [0.2, 0.25) is 0 Å². The summed E-state index contributed by atoms with van der Waals surface area (Å²) in [6, 6.07) is 5.06. The fourth-order valence-corrected chi connectivity index (χ4v) is 2.30. The van der Waals surface area contributed by atoms with Gasteiger partial charge in [0.15, 0.2) is 5.82 Å². The van der Waals surface area contributed by atoms with Crippen molar-refractivity contribution in [1.82, 2.24) is 0 Å².